The van der Waals surface area contributed by atoms with E-state index in [1.54, 1.807) is 24.3 Å². The van der Waals surface area contributed by atoms with Crippen molar-refractivity contribution < 1.29 is 95.9 Å². The number of anilines is 3. The number of thioether (sulfide) groups is 1. The van der Waals surface area contributed by atoms with Crippen LogP contribution in [0, 0.1) is 0 Å². The fourth-order valence-corrected chi connectivity index (χ4v) is 12.7. The van der Waals surface area contributed by atoms with Gasteiger partial charge in [0.25, 0.3) is 10.0 Å². The van der Waals surface area contributed by atoms with Gasteiger partial charge in [-0.2, -0.15) is 0 Å². The number of aliphatic carboxylic acids is 3. The van der Waals surface area contributed by atoms with Crippen LogP contribution >= 0.6 is 23.1 Å². The van der Waals surface area contributed by atoms with Gasteiger partial charge in [0.1, 0.15) is 47.8 Å². The van der Waals surface area contributed by atoms with Gasteiger partial charge in [-0.1, -0.05) is 42.5 Å². The van der Waals surface area contributed by atoms with E-state index in [9.17, 15) is 91.2 Å². The number of nitrogens with two attached hydrogens (primary N) is 4. The van der Waals surface area contributed by atoms with Crippen molar-refractivity contribution >= 4 is 139 Å². The second-order valence-electron chi connectivity index (χ2n) is 24.5. The summed E-state index contributed by atoms with van der Waals surface area (Å²) in [7, 11) is -0.402. The van der Waals surface area contributed by atoms with Gasteiger partial charge in [-0.15, -0.1) is 22.0 Å². The van der Waals surface area contributed by atoms with Crippen LogP contribution < -0.4 is 90.3 Å². The van der Waals surface area contributed by atoms with Crippen molar-refractivity contribution in [2.45, 2.75) is 150 Å². The number of sulfonamides is 1. The first-order chi connectivity index (χ1) is 49.8. The van der Waals surface area contributed by atoms with Gasteiger partial charge in [-0.05, 0) is 131 Å². The van der Waals surface area contributed by atoms with Crippen LogP contribution in [0.2, 0.25) is 0 Å². The quantitative estimate of drug-likeness (QED) is 0.0161. The molecule has 1 aliphatic rings. The third-order valence-electron chi connectivity index (χ3n) is 15.9. The molecule has 0 aliphatic carbocycles. The first-order valence-corrected chi connectivity index (χ1v) is 36.9. The number of hydrogen-bond acceptors (Lipinski definition) is 24. The maximum atomic E-state index is 14.2. The molecule has 39 heteroatoms. The minimum atomic E-state index is -4.12. The number of nitrogens with zero attached hydrogens (tertiary/aromatic N) is 3. The van der Waals surface area contributed by atoms with E-state index in [2.05, 4.69) is 64.6 Å². The van der Waals surface area contributed by atoms with Crippen molar-refractivity contribution in [3.63, 3.8) is 0 Å². The Hall–Kier alpha value is -10.2. The van der Waals surface area contributed by atoms with Crippen LogP contribution in [0.1, 0.15) is 131 Å². The topological polar surface area (TPSA) is 588 Å². The number of aromatic nitrogens is 2. The number of aromatic carboxylic acids is 1. The number of ether oxygens (including phenoxy) is 1. The molecule has 1 aliphatic heterocycles. The SMILES string of the molecule is C=c1ccc2c(c1)Oc1cc(N(C)C)ccc1C=2c1ccc(NC(=O)CSC[C@H](NC(=O)[C@H](CCCCN)NC(=O)[C@H](CC(=O)O)NC(=O)[C@H](CCCCN)NC(=O)[C@H](CC(=O)O)NC(=O)[C@H](CCCCN)NC(=O)CCCCCNC(=O)CCC(=O)Nc2nnc(S(N)(=O)=O)s2)C(=O)O)cc1C(=O)O. The molecule has 0 saturated heterocycles. The summed E-state index contributed by atoms with van der Waals surface area (Å²) < 4.78 is 28.6. The lowest BCUT2D eigenvalue weighted by Gasteiger charge is -2.27. The molecule has 5 rings (SSSR count). The highest BCUT2D eigenvalue weighted by molar-refractivity contribution is 8.00. The summed E-state index contributed by atoms with van der Waals surface area (Å²) in [5, 5.41) is 75.5. The molecular formula is C66H90N16O20S3. The fourth-order valence-electron chi connectivity index (χ4n) is 10.5. The molecule has 2 heterocycles. The third-order valence-corrected chi connectivity index (χ3v) is 19.1. The molecule has 4 aromatic rings. The molecule has 3 aromatic carbocycles. The van der Waals surface area contributed by atoms with Gasteiger partial charge >= 0.3 is 23.9 Å². The summed E-state index contributed by atoms with van der Waals surface area (Å²) in [5.74, 6) is -14.0. The number of rotatable bonds is 47. The van der Waals surface area contributed by atoms with Gasteiger partial charge in [-0.3, -0.25) is 52.7 Å². The van der Waals surface area contributed by atoms with Crippen molar-refractivity contribution in [3.05, 3.63) is 81.7 Å². The molecule has 0 spiro atoms. The molecule has 21 N–H and O–H groups in total. The van der Waals surface area contributed by atoms with Crippen molar-refractivity contribution in [1.82, 2.24) is 47.4 Å². The summed E-state index contributed by atoms with van der Waals surface area (Å²) in [6.07, 6.45) is -0.479. The Labute approximate surface area is 611 Å². The van der Waals surface area contributed by atoms with Crippen LogP contribution in [0.4, 0.5) is 16.5 Å². The average molecular weight is 1520 g/mol. The number of primary sulfonamides is 1. The molecular weight excluding hydrogens is 1430 g/mol. The Balaban J connectivity index is 1.19. The van der Waals surface area contributed by atoms with E-state index in [0.29, 0.717) is 82.1 Å². The van der Waals surface area contributed by atoms with Crippen LogP contribution in [-0.4, -0.2) is 204 Å². The maximum absolute atomic E-state index is 14.2. The van der Waals surface area contributed by atoms with E-state index >= 15 is 0 Å². The van der Waals surface area contributed by atoms with Crippen LogP contribution in [0.5, 0.6) is 11.5 Å². The van der Waals surface area contributed by atoms with E-state index < -0.39 is 152 Å². The Morgan fingerprint density at radius 3 is 1.62 bits per heavy atom. The van der Waals surface area contributed by atoms with Gasteiger partial charge in [0, 0.05) is 79.5 Å². The zero-order valence-electron chi connectivity index (χ0n) is 57.8. The smallest absolute Gasteiger partial charge is 0.336 e. The fraction of sp³-hybridized carbons (Fsp3) is 0.470. The van der Waals surface area contributed by atoms with E-state index in [4.69, 9.17) is 27.1 Å². The summed E-state index contributed by atoms with van der Waals surface area (Å²) >= 11 is 1.32. The van der Waals surface area contributed by atoms with Gasteiger partial charge in [0.15, 0.2) is 0 Å². The zero-order valence-corrected chi connectivity index (χ0v) is 60.3. The molecule has 0 saturated carbocycles. The maximum Gasteiger partial charge on any atom is 0.336 e. The van der Waals surface area contributed by atoms with E-state index in [1.807, 2.05) is 37.2 Å². The minimum Gasteiger partial charge on any atom is -0.481 e. The number of nitrogens with one attached hydrogen (secondary N) is 9. The molecule has 0 bridgehead atoms. The van der Waals surface area contributed by atoms with Crippen LogP contribution in [0.25, 0.3) is 12.2 Å². The van der Waals surface area contributed by atoms with Crippen LogP contribution in [0.3, 0.4) is 0 Å². The number of carbonyl (C=O) groups excluding carboxylic acids is 9. The normalized spacial score (nSPS) is 13.2. The molecule has 0 fully saturated rings. The molecule has 0 unspecified atom stereocenters. The molecule has 105 heavy (non-hydrogen) atoms. The summed E-state index contributed by atoms with van der Waals surface area (Å²) in [6, 6.07) is 5.00. The zero-order chi connectivity index (χ0) is 77.5. The molecule has 36 nitrogen and oxygen atoms in total. The first-order valence-electron chi connectivity index (χ1n) is 33.4. The Morgan fingerprint density at radius 2 is 1.10 bits per heavy atom. The predicted molar refractivity (Wildman–Crippen MR) is 386 cm³/mol. The van der Waals surface area contributed by atoms with Crippen LogP contribution in [0.15, 0.2) is 58.9 Å². The lowest BCUT2D eigenvalue weighted by Crippen LogP contribution is -2.60. The van der Waals surface area contributed by atoms with E-state index in [-0.39, 0.29) is 107 Å². The summed E-state index contributed by atoms with van der Waals surface area (Å²) in [6.45, 7) is 4.62. The average Bonchev–Trinajstić information content (AvgIpc) is 0.861. The van der Waals surface area contributed by atoms with Gasteiger partial charge in [0.05, 0.1) is 24.2 Å². The number of hydrogen-bond donors (Lipinski definition) is 17. The van der Waals surface area contributed by atoms with Gasteiger partial charge in [-0.25, -0.2) is 23.1 Å². The highest BCUT2D eigenvalue weighted by atomic mass is 32.2. The number of carboxylic acid groups (broad SMARTS) is 4. The Kier molecular flexibility index (Phi) is 34.6. The second-order valence-corrected chi connectivity index (χ2v) is 28.2. The van der Waals surface area contributed by atoms with Crippen molar-refractivity contribution in [2.75, 3.05) is 67.3 Å². The largest absolute Gasteiger partial charge is 0.481 e. The molecule has 1 aromatic heterocycles. The number of unbranched alkanes of at least 4 members (excludes halogenated alkanes) is 5. The highest BCUT2D eigenvalue weighted by Gasteiger charge is 2.36. The molecule has 572 valence electrons. The van der Waals surface area contributed by atoms with Crippen molar-refractivity contribution in [3.8, 4) is 11.5 Å². The van der Waals surface area contributed by atoms with E-state index in [0.717, 1.165) is 17.4 Å². The van der Waals surface area contributed by atoms with E-state index in [1.165, 1.54) is 12.1 Å². The van der Waals surface area contributed by atoms with Gasteiger partial charge < -0.3 is 95.1 Å². The molecule has 6 atom stereocenters. The molecule has 0 radical (unpaired) electrons. The molecule has 9 amide bonds. The predicted octanol–water partition coefficient (Wildman–Crippen LogP) is -1.19. The number of carbonyl (C=O) groups is 13. The number of fused-ring (bicyclic) bond motifs is 2. The lowest BCUT2D eigenvalue weighted by molar-refractivity contribution is -0.143. The monoisotopic (exact) mass is 1520 g/mol. The Bertz CT molecular complexity index is 4050. The Morgan fingerprint density at radius 1 is 0.562 bits per heavy atom. The lowest BCUT2D eigenvalue weighted by atomic mass is 9.89. The summed E-state index contributed by atoms with van der Waals surface area (Å²) in [5.41, 5.74) is 19.3. The van der Waals surface area contributed by atoms with Crippen molar-refractivity contribution in [1.29, 1.82) is 0 Å². The van der Waals surface area contributed by atoms with Crippen LogP contribution in [-0.2, 0) is 67.6 Å². The van der Waals surface area contributed by atoms with Crippen molar-refractivity contribution in [2.24, 2.45) is 22.3 Å². The third kappa shape index (κ3) is 28.4. The first kappa shape index (κ1) is 85.5. The number of carboxylic acids is 4. The summed E-state index contributed by atoms with van der Waals surface area (Å²) in [4.78, 5) is 173. The van der Waals surface area contributed by atoms with Gasteiger partial charge in [0.2, 0.25) is 62.6 Å². The number of benzene rings is 3. The highest BCUT2D eigenvalue weighted by Crippen LogP contribution is 2.39. The minimum absolute atomic E-state index is 0.00978. The standard InChI is InChI=1S/C66H90N16O20S3/c1-36-17-20-40-49(29-36)102-50-31-38(82(2)3)19-22-41(50)57(40)39-21-18-37(30-42(39)63(96)97)72-54(86)35-103-34-48(64(98)99)78-60(93)45(15-8-11-27-69)75-62(95)47(33-56(89)90)77-59(92)44(14-7-10-26-68)74-61(94)46(32-55(87)88)76-58(91)43(13-6-9-25-67)73-52(84)16-5-4-12-28-71-51(83)23-24-53(85)79-65-80-81-66(104-65)105(70,100)101/h17-22,29-31,43-48H,1,4-16,23-28,32-35,67-69H2,2-3H3,(H,71,83)(H,72,86)(H,73,84)(H,74,94)(H,75,95)(H,76,91)(H,77,92)(H,78,93)(H,87,88)(H,89,90)(H,96,97)(H,98,99)(H2,70,100,101)(H,79,80,85)/t43-,44-,45-,46-,47-,48-/m0/s1. The second kappa shape index (κ2) is 42.5. The number of amides is 9.